The van der Waals surface area contributed by atoms with Gasteiger partial charge in [-0.15, -0.1) is 0 Å². The highest BCUT2D eigenvalue weighted by atomic mass is 16.2. The van der Waals surface area contributed by atoms with E-state index in [0.29, 0.717) is 12.1 Å². The van der Waals surface area contributed by atoms with Crippen LogP contribution in [0.4, 0.5) is 5.69 Å². The molecule has 0 aromatic heterocycles. The molecule has 4 nitrogen and oxygen atoms in total. The Morgan fingerprint density at radius 3 is 2.27 bits per heavy atom. The van der Waals surface area contributed by atoms with Gasteiger partial charge in [0.25, 0.3) is 5.91 Å². The first-order valence-corrected chi connectivity index (χ1v) is 9.50. The second kappa shape index (κ2) is 8.86. The predicted molar refractivity (Wildman–Crippen MR) is 108 cm³/mol. The maximum atomic E-state index is 12.5. The van der Waals surface area contributed by atoms with E-state index in [0.717, 1.165) is 38.0 Å². The van der Waals surface area contributed by atoms with Gasteiger partial charge in [0.1, 0.15) is 0 Å². The van der Waals surface area contributed by atoms with Gasteiger partial charge < -0.3 is 15.1 Å². The molecule has 3 rings (SSSR count). The van der Waals surface area contributed by atoms with Crippen molar-refractivity contribution < 1.29 is 4.79 Å². The molecule has 4 heteroatoms. The monoisotopic (exact) mass is 351 g/mol. The molecule has 1 amide bonds. The van der Waals surface area contributed by atoms with Crippen LogP contribution in [0.15, 0.2) is 60.7 Å². The summed E-state index contributed by atoms with van der Waals surface area (Å²) in [6.45, 7) is 4.85. The highest BCUT2D eigenvalue weighted by molar-refractivity contribution is 5.94. The molecule has 0 bridgehead atoms. The maximum absolute atomic E-state index is 12.5. The first-order chi connectivity index (χ1) is 12.6. The molecule has 0 spiro atoms. The first kappa shape index (κ1) is 18.5. The molecule has 1 fully saturated rings. The van der Waals surface area contributed by atoms with Crippen LogP contribution in [0.3, 0.4) is 0 Å². The van der Waals surface area contributed by atoms with Crippen molar-refractivity contribution in [3.05, 3.63) is 66.2 Å². The quantitative estimate of drug-likeness (QED) is 0.866. The number of hydrogen-bond donors (Lipinski definition) is 1. The lowest BCUT2D eigenvalue weighted by molar-refractivity contribution is 0.0705. The Kier molecular flexibility index (Phi) is 6.29. The van der Waals surface area contributed by atoms with Crippen LogP contribution in [0, 0.1) is 0 Å². The Morgan fingerprint density at radius 1 is 1.08 bits per heavy atom. The second-order valence-corrected chi connectivity index (χ2v) is 7.14. The third-order valence-electron chi connectivity index (χ3n) is 5.33. The summed E-state index contributed by atoms with van der Waals surface area (Å²) in [6.07, 6.45) is 2.03. The van der Waals surface area contributed by atoms with E-state index in [4.69, 9.17) is 0 Å². The molecule has 1 aliphatic heterocycles. The van der Waals surface area contributed by atoms with E-state index in [1.165, 1.54) is 5.69 Å². The number of likely N-dealkylation sites (tertiary alicyclic amines) is 1. The third-order valence-corrected chi connectivity index (χ3v) is 5.33. The number of carbonyl (C=O) groups excluding carboxylic acids is 1. The molecule has 2 aromatic rings. The summed E-state index contributed by atoms with van der Waals surface area (Å²) >= 11 is 0. The Balaban J connectivity index is 1.43. The molecule has 0 saturated carbocycles. The molecule has 0 aliphatic carbocycles. The number of benzene rings is 2. The molecule has 1 atom stereocenters. The van der Waals surface area contributed by atoms with Gasteiger partial charge >= 0.3 is 0 Å². The van der Waals surface area contributed by atoms with Crippen LogP contribution in [0.5, 0.6) is 0 Å². The van der Waals surface area contributed by atoms with E-state index in [2.05, 4.69) is 48.5 Å². The van der Waals surface area contributed by atoms with Crippen molar-refractivity contribution in [1.29, 1.82) is 0 Å². The van der Waals surface area contributed by atoms with Crippen LogP contribution >= 0.6 is 0 Å². The van der Waals surface area contributed by atoms with Gasteiger partial charge in [-0.05, 0) is 44.0 Å². The summed E-state index contributed by atoms with van der Waals surface area (Å²) in [5, 5.41) is 3.69. The number of nitrogens with one attached hydrogen (secondary N) is 1. The molecule has 138 valence electrons. The number of anilines is 1. The molecular formula is C22H29N3O. The topological polar surface area (TPSA) is 35.6 Å². The number of hydrogen-bond acceptors (Lipinski definition) is 3. The largest absolute Gasteiger partial charge is 0.371 e. The fourth-order valence-electron chi connectivity index (χ4n) is 3.44. The lowest BCUT2D eigenvalue weighted by Crippen LogP contribution is -2.48. The summed E-state index contributed by atoms with van der Waals surface area (Å²) < 4.78 is 0. The van der Waals surface area contributed by atoms with Crippen LogP contribution in [0.25, 0.3) is 0 Å². The Hall–Kier alpha value is -2.33. The normalized spacial score (nSPS) is 16.3. The number of piperidine rings is 1. The zero-order valence-electron chi connectivity index (χ0n) is 15.8. The van der Waals surface area contributed by atoms with Crippen molar-refractivity contribution in [3.63, 3.8) is 0 Å². The smallest absolute Gasteiger partial charge is 0.253 e. The fourth-order valence-corrected chi connectivity index (χ4v) is 3.44. The van der Waals surface area contributed by atoms with Gasteiger partial charge in [0.05, 0.1) is 0 Å². The lowest BCUT2D eigenvalue weighted by Gasteiger charge is -2.34. The minimum Gasteiger partial charge on any atom is -0.371 e. The fraction of sp³-hybridized carbons (Fsp3) is 0.409. The van der Waals surface area contributed by atoms with Gasteiger partial charge in [-0.2, -0.15) is 0 Å². The molecule has 0 unspecified atom stereocenters. The van der Waals surface area contributed by atoms with Crippen LogP contribution < -0.4 is 10.2 Å². The lowest BCUT2D eigenvalue weighted by atomic mass is 10.0. The summed E-state index contributed by atoms with van der Waals surface area (Å²) in [5.41, 5.74) is 2.03. The van der Waals surface area contributed by atoms with Gasteiger partial charge in [0.2, 0.25) is 0 Å². The van der Waals surface area contributed by atoms with E-state index >= 15 is 0 Å². The van der Waals surface area contributed by atoms with Gasteiger partial charge in [0.15, 0.2) is 0 Å². The van der Waals surface area contributed by atoms with E-state index in [1.54, 1.807) is 0 Å². The van der Waals surface area contributed by atoms with Gasteiger partial charge in [-0.25, -0.2) is 0 Å². The minimum absolute atomic E-state index is 0.154. The van der Waals surface area contributed by atoms with Crippen LogP contribution in [-0.4, -0.2) is 49.6 Å². The van der Waals surface area contributed by atoms with Crippen molar-refractivity contribution in [3.8, 4) is 0 Å². The number of likely N-dealkylation sites (N-methyl/N-ethyl adjacent to an activating group) is 1. The van der Waals surface area contributed by atoms with Gasteiger partial charge in [-0.3, -0.25) is 4.79 Å². The zero-order chi connectivity index (χ0) is 18.4. The van der Waals surface area contributed by atoms with Gasteiger partial charge in [-0.1, -0.05) is 36.4 Å². The molecule has 26 heavy (non-hydrogen) atoms. The molecule has 1 heterocycles. The Labute approximate surface area is 156 Å². The number of nitrogens with zero attached hydrogens (tertiary/aromatic N) is 2. The zero-order valence-corrected chi connectivity index (χ0v) is 15.8. The highest BCUT2D eigenvalue weighted by Gasteiger charge is 2.23. The van der Waals surface area contributed by atoms with Crippen molar-refractivity contribution in [2.75, 3.05) is 31.6 Å². The van der Waals surface area contributed by atoms with E-state index in [9.17, 15) is 4.79 Å². The van der Waals surface area contributed by atoms with Crippen molar-refractivity contribution in [1.82, 2.24) is 10.2 Å². The SMILES string of the molecule is C[C@H](CNC1CCN(C(=O)c2ccccc2)CC1)N(C)c1ccccc1. The second-order valence-electron chi connectivity index (χ2n) is 7.14. The van der Waals surface area contributed by atoms with Crippen molar-refractivity contribution in [2.24, 2.45) is 0 Å². The Bertz CT molecular complexity index is 681. The van der Waals surface area contributed by atoms with Crippen LogP contribution in [-0.2, 0) is 0 Å². The van der Waals surface area contributed by atoms with Crippen LogP contribution in [0.2, 0.25) is 0 Å². The summed E-state index contributed by atoms with van der Waals surface area (Å²) in [4.78, 5) is 16.8. The van der Waals surface area contributed by atoms with Gasteiger partial charge in [0, 0.05) is 50.0 Å². The number of carbonyl (C=O) groups is 1. The standard InChI is InChI=1S/C22H29N3O/c1-18(24(2)21-11-7-4-8-12-21)17-23-20-13-15-25(16-14-20)22(26)19-9-5-3-6-10-19/h3-12,18,20,23H,13-17H2,1-2H3/t18-/m1/s1. The van der Waals surface area contributed by atoms with Crippen molar-refractivity contribution >= 4 is 11.6 Å². The average molecular weight is 351 g/mol. The molecule has 1 saturated heterocycles. The third kappa shape index (κ3) is 4.64. The first-order valence-electron chi connectivity index (χ1n) is 9.50. The highest BCUT2D eigenvalue weighted by Crippen LogP contribution is 2.16. The molecule has 0 radical (unpaired) electrons. The minimum atomic E-state index is 0.154. The summed E-state index contributed by atoms with van der Waals surface area (Å²) in [5.74, 6) is 0.154. The number of rotatable bonds is 6. The van der Waals surface area contributed by atoms with Crippen molar-refractivity contribution in [2.45, 2.75) is 31.8 Å². The van der Waals surface area contributed by atoms with E-state index in [-0.39, 0.29) is 5.91 Å². The molecule has 1 aliphatic rings. The maximum Gasteiger partial charge on any atom is 0.253 e. The molecular weight excluding hydrogens is 322 g/mol. The molecule has 2 aromatic carbocycles. The van der Waals surface area contributed by atoms with E-state index in [1.807, 2.05) is 41.3 Å². The average Bonchev–Trinajstić information content (AvgIpc) is 2.72. The van der Waals surface area contributed by atoms with E-state index < -0.39 is 0 Å². The number of para-hydroxylation sites is 1. The summed E-state index contributed by atoms with van der Waals surface area (Å²) in [7, 11) is 2.14. The Morgan fingerprint density at radius 2 is 1.65 bits per heavy atom. The number of amides is 1. The van der Waals surface area contributed by atoms with Crippen LogP contribution in [0.1, 0.15) is 30.1 Å². The summed E-state index contributed by atoms with van der Waals surface area (Å²) in [6, 6.07) is 21.0. The predicted octanol–water partition coefficient (Wildman–Crippen LogP) is 3.41. The molecule has 1 N–H and O–H groups in total.